The van der Waals surface area contributed by atoms with Crippen LogP contribution in [0.3, 0.4) is 0 Å². The average Bonchev–Trinajstić information content (AvgIpc) is 3.16. The number of likely N-dealkylation sites (tertiary alicyclic amines) is 1. The van der Waals surface area contributed by atoms with E-state index >= 15 is 0 Å². The predicted molar refractivity (Wildman–Crippen MR) is 160 cm³/mol. The molecule has 2 saturated heterocycles. The molecule has 5 rings (SSSR count). The summed E-state index contributed by atoms with van der Waals surface area (Å²) in [5.74, 6) is -0.819. The topological polar surface area (TPSA) is 97.3 Å². The molecule has 8 heteroatoms. The van der Waals surface area contributed by atoms with E-state index in [9.17, 15) is 14.7 Å². The van der Waals surface area contributed by atoms with Gasteiger partial charge in [-0.25, -0.2) is 0 Å². The Balaban J connectivity index is 1.39. The summed E-state index contributed by atoms with van der Waals surface area (Å²) < 4.78 is 18.4. The summed E-state index contributed by atoms with van der Waals surface area (Å²) in [5, 5.41) is 12.4. The molecule has 0 aromatic heterocycles. The Morgan fingerprint density at radius 1 is 1.10 bits per heavy atom. The maximum atomic E-state index is 12.6. The molecule has 2 N–H and O–H groups in total. The molecule has 2 aromatic rings. The first-order chi connectivity index (χ1) is 19.8. The second kappa shape index (κ2) is 12.1. The van der Waals surface area contributed by atoms with Crippen LogP contribution in [0.5, 0.6) is 0 Å². The van der Waals surface area contributed by atoms with Gasteiger partial charge in [-0.2, -0.15) is 0 Å². The van der Waals surface area contributed by atoms with Crippen molar-refractivity contribution < 1.29 is 28.9 Å². The van der Waals surface area contributed by atoms with Gasteiger partial charge in [-0.05, 0) is 60.3 Å². The molecular formula is C34H46N2O6. The van der Waals surface area contributed by atoms with Gasteiger partial charge < -0.3 is 24.6 Å². The van der Waals surface area contributed by atoms with Crippen LogP contribution in [0.2, 0.25) is 0 Å². The molecule has 0 spiro atoms. The van der Waals surface area contributed by atoms with Crippen LogP contribution in [0.1, 0.15) is 89.9 Å². The lowest BCUT2D eigenvalue weighted by atomic mass is 9.65. The fourth-order valence-electron chi connectivity index (χ4n) is 7.66. The van der Waals surface area contributed by atoms with Crippen molar-refractivity contribution >= 4 is 17.6 Å². The van der Waals surface area contributed by atoms with Gasteiger partial charge in [0.25, 0.3) is 5.91 Å². The number of aliphatic hydroxyl groups excluding tert-OH is 1. The van der Waals surface area contributed by atoms with E-state index in [1.54, 1.807) is 13.0 Å². The average molecular weight is 579 g/mol. The maximum Gasteiger partial charge on any atom is 0.303 e. The minimum Gasteiger partial charge on any atom is -0.453 e. The summed E-state index contributed by atoms with van der Waals surface area (Å²) in [5.41, 5.74) is 3.95. The molecule has 228 valence electrons. The first-order valence-electron chi connectivity index (χ1n) is 15.2. The number of nitrogens with one attached hydrogen (secondary N) is 1. The van der Waals surface area contributed by atoms with Crippen molar-refractivity contribution in [2.24, 2.45) is 16.7 Å². The number of hydrogen-bond donors (Lipinski definition) is 2. The molecule has 2 aromatic carbocycles. The van der Waals surface area contributed by atoms with Gasteiger partial charge >= 0.3 is 5.97 Å². The van der Waals surface area contributed by atoms with E-state index in [-0.39, 0.29) is 24.7 Å². The minimum atomic E-state index is -0.906. The molecule has 8 nitrogen and oxygen atoms in total. The molecule has 1 aliphatic carbocycles. The van der Waals surface area contributed by atoms with E-state index in [4.69, 9.17) is 14.2 Å². The van der Waals surface area contributed by atoms with E-state index in [1.165, 1.54) is 26.2 Å². The Kier molecular flexibility index (Phi) is 8.82. The number of aliphatic hydroxyl groups is 1. The monoisotopic (exact) mass is 578 g/mol. The van der Waals surface area contributed by atoms with Crippen LogP contribution in [0, 0.1) is 16.7 Å². The van der Waals surface area contributed by atoms with E-state index in [0.717, 1.165) is 29.8 Å². The molecule has 0 radical (unpaired) electrons. The van der Waals surface area contributed by atoms with Crippen LogP contribution in [0.25, 0.3) is 0 Å². The number of ether oxygens (including phenoxy) is 3. The first-order valence-corrected chi connectivity index (χ1v) is 15.2. The molecule has 3 aliphatic rings. The van der Waals surface area contributed by atoms with Gasteiger partial charge in [0.05, 0.1) is 18.8 Å². The van der Waals surface area contributed by atoms with Crippen LogP contribution in [-0.2, 0) is 30.4 Å². The highest BCUT2D eigenvalue weighted by Crippen LogP contribution is 2.53. The van der Waals surface area contributed by atoms with E-state index in [2.05, 4.69) is 37.9 Å². The highest BCUT2D eigenvalue weighted by atomic mass is 16.7. The zero-order chi connectivity index (χ0) is 30.2. The van der Waals surface area contributed by atoms with Gasteiger partial charge in [-0.1, -0.05) is 64.1 Å². The summed E-state index contributed by atoms with van der Waals surface area (Å²) in [7, 11) is 0. The van der Waals surface area contributed by atoms with Crippen LogP contribution < -0.4 is 5.32 Å². The number of fused-ring (bicyclic) bond motifs is 2. The number of anilines is 1. The van der Waals surface area contributed by atoms with Crippen molar-refractivity contribution in [3.05, 3.63) is 65.2 Å². The number of nitrogens with zero attached hydrogens (tertiary/aromatic N) is 1. The summed E-state index contributed by atoms with van der Waals surface area (Å²) in [6.07, 6.45) is 1.85. The summed E-state index contributed by atoms with van der Waals surface area (Å²) in [4.78, 5) is 26.5. The van der Waals surface area contributed by atoms with Gasteiger partial charge in [0.1, 0.15) is 0 Å². The van der Waals surface area contributed by atoms with E-state index in [0.29, 0.717) is 22.6 Å². The number of hydrogen-bond acceptors (Lipinski definition) is 7. The van der Waals surface area contributed by atoms with Crippen LogP contribution in [-0.4, -0.2) is 53.2 Å². The molecule has 3 fully saturated rings. The fraction of sp³-hybridized carbons (Fsp3) is 0.588. The number of carbonyl (C=O) groups is 2. The Labute approximate surface area is 249 Å². The Hall–Kier alpha value is -2.78. The number of amides is 1. The minimum absolute atomic E-state index is 0.00420. The van der Waals surface area contributed by atoms with Crippen LogP contribution in [0.15, 0.2) is 48.5 Å². The molecule has 2 heterocycles. The number of carbonyl (C=O) groups excluding carboxylic acids is 2. The normalized spacial score (nSPS) is 31.4. The van der Waals surface area contributed by atoms with Crippen LogP contribution >= 0.6 is 0 Å². The van der Waals surface area contributed by atoms with Gasteiger partial charge in [0.15, 0.2) is 12.4 Å². The smallest absolute Gasteiger partial charge is 0.303 e. The largest absolute Gasteiger partial charge is 0.453 e. The standard InChI is InChI=1S/C34H46N2O6/c1-21-29(17-36-20-34(6)16-28(36)15-33(4,5)19-34)41-32(42-30(21)25-12-10-24(18-37)11-13-25)26-8-7-9-27(14-26)35-31(39)22(2)40-23(3)38/h7-14,21-22,28-30,32,37H,15-20H2,1-6H3,(H,35,39)/t21-,22+,28?,29+,30+,32+,34?/m1/s1. The van der Waals surface area contributed by atoms with Crippen molar-refractivity contribution in [3.8, 4) is 0 Å². The predicted octanol–water partition coefficient (Wildman–Crippen LogP) is 5.76. The van der Waals surface area contributed by atoms with Crippen molar-refractivity contribution in [1.82, 2.24) is 4.90 Å². The molecule has 7 atom stereocenters. The zero-order valence-electron chi connectivity index (χ0n) is 25.8. The molecular weight excluding hydrogens is 532 g/mol. The lowest BCUT2D eigenvalue weighted by molar-refractivity contribution is -0.276. The van der Waals surface area contributed by atoms with Gasteiger partial charge in [-0.15, -0.1) is 0 Å². The Morgan fingerprint density at radius 2 is 1.83 bits per heavy atom. The van der Waals surface area contributed by atoms with Crippen molar-refractivity contribution in [2.45, 2.75) is 98.1 Å². The molecule has 1 amide bonds. The van der Waals surface area contributed by atoms with Crippen molar-refractivity contribution in [3.63, 3.8) is 0 Å². The fourth-order valence-corrected chi connectivity index (χ4v) is 7.66. The van der Waals surface area contributed by atoms with E-state index in [1.807, 2.05) is 42.5 Å². The van der Waals surface area contributed by atoms with Gasteiger partial charge in [-0.3, -0.25) is 14.5 Å². The molecule has 42 heavy (non-hydrogen) atoms. The second-order valence-corrected chi connectivity index (χ2v) is 13.8. The van der Waals surface area contributed by atoms with Crippen LogP contribution in [0.4, 0.5) is 5.69 Å². The third kappa shape index (κ3) is 6.88. The SMILES string of the molecule is CC(=O)O[C@@H](C)C(=O)Nc1cccc([C@H]2O[C@@H](CN3CC4(C)CC3CC(C)(C)C4)[C@@H](C)[C@@H](c3ccc(CO)cc3)O2)c1. The molecule has 2 unspecified atom stereocenters. The quantitative estimate of drug-likeness (QED) is 0.385. The van der Waals surface area contributed by atoms with Gasteiger partial charge in [0, 0.05) is 43.2 Å². The molecule has 1 saturated carbocycles. The third-order valence-electron chi connectivity index (χ3n) is 9.20. The third-order valence-corrected chi connectivity index (χ3v) is 9.20. The number of benzene rings is 2. The summed E-state index contributed by atoms with van der Waals surface area (Å²) in [6.45, 7) is 14.2. The van der Waals surface area contributed by atoms with Crippen molar-refractivity contribution in [2.75, 3.05) is 18.4 Å². The zero-order valence-corrected chi connectivity index (χ0v) is 25.8. The van der Waals surface area contributed by atoms with E-state index < -0.39 is 24.3 Å². The van der Waals surface area contributed by atoms with Gasteiger partial charge in [0.2, 0.25) is 0 Å². The summed E-state index contributed by atoms with van der Waals surface area (Å²) in [6, 6.07) is 16.0. The molecule has 2 aliphatic heterocycles. The maximum absolute atomic E-state index is 12.6. The number of esters is 1. The highest BCUT2D eigenvalue weighted by Gasteiger charge is 2.51. The molecule has 2 bridgehead atoms. The Morgan fingerprint density at radius 3 is 2.52 bits per heavy atom. The Bertz CT molecular complexity index is 1280. The summed E-state index contributed by atoms with van der Waals surface area (Å²) >= 11 is 0. The van der Waals surface area contributed by atoms with Crippen molar-refractivity contribution in [1.29, 1.82) is 0 Å². The lowest BCUT2D eigenvalue weighted by Gasteiger charge is -2.43. The lowest BCUT2D eigenvalue weighted by Crippen LogP contribution is -2.46. The number of rotatable bonds is 8. The second-order valence-electron chi connectivity index (χ2n) is 13.8. The first kappa shape index (κ1) is 30.7. The highest BCUT2D eigenvalue weighted by molar-refractivity contribution is 5.95.